The Labute approximate surface area is 330 Å². The molecule has 0 aromatic heterocycles. The molecule has 0 aromatic rings. The molecule has 10 nitrogen and oxygen atoms in total. The molecule has 3 unspecified atom stereocenters. The van der Waals surface area contributed by atoms with Crippen molar-refractivity contribution in [1.82, 2.24) is 0 Å². The number of nitrogens with two attached hydrogens (primary N) is 1. The molecule has 0 aliphatic rings. The van der Waals surface area contributed by atoms with E-state index < -0.39 is 45.1 Å². The molecule has 54 heavy (non-hydrogen) atoms. The van der Waals surface area contributed by atoms with E-state index in [1.54, 1.807) is 0 Å². The number of carboxylic acid groups (broad SMARTS) is 1. The summed E-state index contributed by atoms with van der Waals surface area (Å²) in [7, 11) is -4.61. The number of carbonyl (C=O) groups is 2. The fourth-order valence-corrected chi connectivity index (χ4v) is 6.78. The van der Waals surface area contributed by atoms with Gasteiger partial charge in [-0.15, -0.1) is 0 Å². The van der Waals surface area contributed by atoms with Crippen molar-refractivity contribution in [3.8, 4) is 0 Å². The number of rotatable bonds is 42. The monoisotopic (exact) mass is 788 g/mol. The molecule has 0 fully saturated rings. The first kappa shape index (κ1) is 52.5. The van der Waals surface area contributed by atoms with Gasteiger partial charge in [-0.25, -0.2) is 4.57 Å². The molecular weight excluding hydrogens is 705 g/mol. The molecule has 4 N–H and O–H groups in total. The average Bonchev–Trinajstić information content (AvgIpc) is 3.15. The minimum Gasteiger partial charge on any atom is -0.480 e. The SMILES string of the molecule is CCCCC/C=C\CCCCCCCCOCC(COP(=O)(O)OCC(N)C(=O)O)OC(=O)CCCCCCCCCCC/C=C\CCCCCCCC. The third-order valence-corrected chi connectivity index (χ3v) is 10.4. The minimum absolute atomic E-state index is 0.0143. The standard InChI is InChI=1S/C43H82NO9P/c1-3-5-7-9-11-13-15-17-18-19-20-21-22-23-25-27-29-31-33-35-42(45)53-40(38-51-54(48,49)52-39-41(44)43(46)47)37-50-36-34-32-30-28-26-24-16-14-12-10-8-6-4-2/h12,14,17-18,40-41H,3-11,13,15-16,19-39,44H2,1-2H3,(H,46,47)(H,48,49)/b14-12-,18-17-. The molecule has 3 atom stereocenters. The molecule has 318 valence electrons. The van der Waals surface area contributed by atoms with E-state index in [1.165, 1.54) is 128 Å². The van der Waals surface area contributed by atoms with Crippen LogP contribution in [0, 0.1) is 0 Å². The van der Waals surface area contributed by atoms with Crippen molar-refractivity contribution in [3.63, 3.8) is 0 Å². The first-order chi connectivity index (χ1) is 26.2. The van der Waals surface area contributed by atoms with Crippen LogP contribution in [-0.4, -0.2) is 60.5 Å². The Morgan fingerprint density at radius 2 is 0.963 bits per heavy atom. The van der Waals surface area contributed by atoms with Gasteiger partial charge in [0.2, 0.25) is 0 Å². The number of esters is 1. The molecule has 0 aliphatic carbocycles. The molecule has 0 rings (SSSR count). The van der Waals surface area contributed by atoms with Crippen molar-refractivity contribution < 1.29 is 42.7 Å². The Balaban J connectivity index is 4.20. The van der Waals surface area contributed by atoms with Crippen LogP contribution in [0.4, 0.5) is 0 Å². The Morgan fingerprint density at radius 1 is 0.574 bits per heavy atom. The second kappa shape index (κ2) is 39.7. The summed E-state index contributed by atoms with van der Waals surface area (Å²) in [6.07, 6.45) is 42.2. The number of carboxylic acids is 1. The van der Waals surface area contributed by atoms with Crippen LogP contribution in [0.25, 0.3) is 0 Å². The number of carbonyl (C=O) groups excluding carboxylic acids is 1. The van der Waals surface area contributed by atoms with Gasteiger partial charge in [-0.2, -0.15) is 0 Å². The highest BCUT2D eigenvalue weighted by Gasteiger charge is 2.27. The van der Waals surface area contributed by atoms with E-state index in [1.807, 2.05) is 0 Å². The van der Waals surface area contributed by atoms with Crippen molar-refractivity contribution in [1.29, 1.82) is 0 Å². The van der Waals surface area contributed by atoms with Crippen LogP contribution in [0.3, 0.4) is 0 Å². The normalized spacial score (nSPS) is 14.1. The number of hydrogen-bond donors (Lipinski definition) is 3. The van der Waals surface area contributed by atoms with E-state index in [9.17, 15) is 19.0 Å². The maximum Gasteiger partial charge on any atom is 0.472 e. The molecule has 0 bridgehead atoms. The third-order valence-electron chi connectivity index (χ3n) is 9.45. The van der Waals surface area contributed by atoms with Crippen LogP contribution < -0.4 is 5.73 Å². The summed E-state index contributed by atoms with van der Waals surface area (Å²) < 4.78 is 33.3. The summed E-state index contributed by atoms with van der Waals surface area (Å²) >= 11 is 0. The van der Waals surface area contributed by atoms with Gasteiger partial charge in [0.1, 0.15) is 12.1 Å². The zero-order valence-corrected chi connectivity index (χ0v) is 35.5. The van der Waals surface area contributed by atoms with Gasteiger partial charge in [0.25, 0.3) is 0 Å². The molecule has 0 radical (unpaired) electrons. The van der Waals surface area contributed by atoms with E-state index in [0.717, 1.165) is 44.9 Å². The molecule has 0 heterocycles. The molecule has 11 heteroatoms. The lowest BCUT2D eigenvalue weighted by atomic mass is 10.1. The quantitative estimate of drug-likeness (QED) is 0.0236. The summed E-state index contributed by atoms with van der Waals surface area (Å²) in [6, 6.07) is -1.47. The van der Waals surface area contributed by atoms with Gasteiger partial charge in [-0.1, -0.05) is 154 Å². The van der Waals surface area contributed by atoms with Crippen LogP contribution in [0.5, 0.6) is 0 Å². The van der Waals surface area contributed by atoms with Crippen LogP contribution in [0.15, 0.2) is 24.3 Å². The van der Waals surface area contributed by atoms with E-state index in [0.29, 0.717) is 13.0 Å². The van der Waals surface area contributed by atoms with Gasteiger partial charge in [-0.05, 0) is 64.2 Å². The largest absolute Gasteiger partial charge is 0.480 e. The number of ether oxygens (including phenoxy) is 2. The summed E-state index contributed by atoms with van der Waals surface area (Å²) in [5, 5.41) is 8.89. The zero-order chi connectivity index (χ0) is 39.8. The Hall–Kier alpha value is -1.55. The number of hydrogen-bond acceptors (Lipinski definition) is 8. The summed E-state index contributed by atoms with van der Waals surface area (Å²) in [5.74, 6) is -1.78. The highest BCUT2D eigenvalue weighted by atomic mass is 31.2. The number of phosphoric ester groups is 1. The molecule has 0 saturated carbocycles. The number of aliphatic carboxylic acids is 1. The second-order valence-corrected chi connectivity index (χ2v) is 16.3. The van der Waals surface area contributed by atoms with Crippen LogP contribution in [0.2, 0.25) is 0 Å². The van der Waals surface area contributed by atoms with E-state index in [-0.39, 0.29) is 13.0 Å². The first-order valence-corrected chi connectivity index (χ1v) is 23.4. The van der Waals surface area contributed by atoms with Gasteiger partial charge in [-0.3, -0.25) is 18.6 Å². The van der Waals surface area contributed by atoms with Gasteiger partial charge >= 0.3 is 19.8 Å². The smallest absolute Gasteiger partial charge is 0.472 e. The highest BCUT2D eigenvalue weighted by Crippen LogP contribution is 2.43. The Kier molecular flexibility index (Phi) is 38.5. The zero-order valence-electron chi connectivity index (χ0n) is 34.6. The molecule has 0 saturated heterocycles. The van der Waals surface area contributed by atoms with E-state index >= 15 is 0 Å². The Bertz CT molecular complexity index is 961. The van der Waals surface area contributed by atoms with Crippen molar-refractivity contribution in [3.05, 3.63) is 24.3 Å². The fraction of sp³-hybridized carbons (Fsp3) is 0.860. The van der Waals surface area contributed by atoms with E-state index in [2.05, 4.69) is 38.2 Å². The van der Waals surface area contributed by atoms with Crippen LogP contribution in [0.1, 0.15) is 200 Å². The number of allylic oxidation sites excluding steroid dienone is 4. The average molecular weight is 788 g/mol. The summed E-state index contributed by atoms with van der Waals surface area (Å²) in [4.78, 5) is 33.5. The highest BCUT2D eigenvalue weighted by molar-refractivity contribution is 7.47. The molecule has 0 amide bonds. The molecule has 0 spiro atoms. The predicted octanol–water partition coefficient (Wildman–Crippen LogP) is 11.9. The number of phosphoric acid groups is 1. The lowest BCUT2D eigenvalue weighted by Gasteiger charge is -2.20. The van der Waals surface area contributed by atoms with Gasteiger partial charge in [0.05, 0.1) is 19.8 Å². The Morgan fingerprint density at radius 3 is 1.44 bits per heavy atom. The lowest BCUT2D eigenvalue weighted by Crippen LogP contribution is -2.34. The fourth-order valence-electron chi connectivity index (χ4n) is 6.00. The maximum atomic E-state index is 12.6. The first-order valence-electron chi connectivity index (χ1n) is 21.9. The molecule has 0 aromatic carbocycles. The second-order valence-electron chi connectivity index (χ2n) is 14.8. The maximum absolute atomic E-state index is 12.6. The minimum atomic E-state index is -4.61. The summed E-state index contributed by atoms with van der Waals surface area (Å²) in [5.41, 5.74) is 5.35. The van der Waals surface area contributed by atoms with Crippen LogP contribution >= 0.6 is 7.82 Å². The van der Waals surface area contributed by atoms with Crippen molar-refractivity contribution in [2.45, 2.75) is 212 Å². The lowest BCUT2D eigenvalue weighted by molar-refractivity contribution is -0.154. The number of unbranched alkanes of at least 4 members (excludes halogenated alkanes) is 24. The van der Waals surface area contributed by atoms with Gasteiger partial charge in [0, 0.05) is 13.0 Å². The van der Waals surface area contributed by atoms with Crippen molar-refractivity contribution in [2.75, 3.05) is 26.4 Å². The predicted molar refractivity (Wildman–Crippen MR) is 222 cm³/mol. The molecular formula is C43H82NO9P. The topological polar surface area (TPSA) is 155 Å². The molecule has 0 aliphatic heterocycles. The van der Waals surface area contributed by atoms with Crippen molar-refractivity contribution in [2.24, 2.45) is 5.73 Å². The van der Waals surface area contributed by atoms with Crippen molar-refractivity contribution >= 4 is 19.8 Å². The third kappa shape index (κ3) is 38.7. The van der Waals surface area contributed by atoms with Gasteiger partial charge in [0.15, 0.2) is 0 Å². The van der Waals surface area contributed by atoms with Gasteiger partial charge < -0.3 is 25.2 Å². The van der Waals surface area contributed by atoms with Crippen LogP contribution in [-0.2, 0) is 32.7 Å². The van der Waals surface area contributed by atoms with E-state index in [4.69, 9.17) is 29.4 Å². The summed E-state index contributed by atoms with van der Waals surface area (Å²) in [6.45, 7) is 3.85.